The number of rotatable bonds is 7. The highest BCUT2D eigenvalue weighted by Gasteiger charge is 2.29. The number of carbonyl (C=O) groups excluding carboxylic acids is 1. The van der Waals surface area contributed by atoms with E-state index in [0.717, 1.165) is 57.2 Å². The molecule has 1 fully saturated rings. The molecule has 1 amide bonds. The van der Waals surface area contributed by atoms with Gasteiger partial charge in [0.2, 0.25) is 5.91 Å². The summed E-state index contributed by atoms with van der Waals surface area (Å²) in [6.45, 7) is 1.58. The van der Waals surface area contributed by atoms with Crippen LogP contribution in [-0.2, 0) is 4.79 Å². The molecule has 1 aromatic carbocycles. The Morgan fingerprint density at radius 3 is 2.68 bits per heavy atom. The fourth-order valence-electron chi connectivity index (χ4n) is 3.05. The molecule has 0 saturated carbocycles. The number of unbranched alkanes of at least 4 members (excludes halogenated alkanes) is 3. The molecule has 0 bridgehead atoms. The topological polar surface area (TPSA) is 46.3 Å². The largest absolute Gasteiger partial charge is 0.336 e. The average molecular weight is 343 g/mol. The van der Waals surface area contributed by atoms with Crippen LogP contribution in [0.3, 0.4) is 0 Å². The van der Waals surface area contributed by atoms with Crippen LogP contribution in [0, 0.1) is 0 Å². The van der Waals surface area contributed by atoms with E-state index in [9.17, 15) is 4.79 Å². The molecule has 3 nitrogen and oxygen atoms in total. The van der Waals surface area contributed by atoms with E-state index in [0.29, 0.717) is 16.5 Å². The highest BCUT2D eigenvalue weighted by Crippen LogP contribution is 2.35. The Bertz CT molecular complexity index is 507. The van der Waals surface area contributed by atoms with Crippen LogP contribution < -0.4 is 5.73 Å². The van der Waals surface area contributed by atoms with Gasteiger partial charge in [-0.3, -0.25) is 4.79 Å². The van der Waals surface area contributed by atoms with E-state index in [-0.39, 0.29) is 11.9 Å². The van der Waals surface area contributed by atoms with E-state index in [1.54, 1.807) is 0 Å². The lowest BCUT2D eigenvalue weighted by atomic mass is 10.0. The van der Waals surface area contributed by atoms with E-state index in [1.807, 2.05) is 23.1 Å². The van der Waals surface area contributed by atoms with Crippen molar-refractivity contribution in [2.45, 2.75) is 51.0 Å². The second kappa shape index (κ2) is 8.76. The third-order valence-corrected chi connectivity index (χ3v) is 4.99. The van der Waals surface area contributed by atoms with E-state index in [2.05, 4.69) is 0 Å². The number of amides is 1. The second-order valence-electron chi connectivity index (χ2n) is 5.87. The first-order chi connectivity index (χ1) is 10.6. The van der Waals surface area contributed by atoms with Crippen molar-refractivity contribution in [3.8, 4) is 0 Å². The molecule has 2 N–H and O–H groups in total. The summed E-state index contributed by atoms with van der Waals surface area (Å²) in [5.74, 6) is 0.251. The quantitative estimate of drug-likeness (QED) is 0.738. The first-order valence-electron chi connectivity index (χ1n) is 8.08. The van der Waals surface area contributed by atoms with Crippen molar-refractivity contribution < 1.29 is 4.79 Å². The van der Waals surface area contributed by atoms with Crippen molar-refractivity contribution in [1.82, 2.24) is 4.90 Å². The van der Waals surface area contributed by atoms with Gasteiger partial charge in [0, 0.05) is 13.0 Å². The third-order valence-electron chi connectivity index (χ3n) is 4.25. The Morgan fingerprint density at radius 2 is 1.95 bits per heavy atom. The smallest absolute Gasteiger partial charge is 0.223 e. The van der Waals surface area contributed by atoms with Gasteiger partial charge >= 0.3 is 0 Å². The van der Waals surface area contributed by atoms with Gasteiger partial charge < -0.3 is 10.6 Å². The van der Waals surface area contributed by atoms with Crippen molar-refractivity contribution in [3.05, 3.63) is 33.8 Å². The van der Waals surface area contributed by atoms with Gasteiger partial charge in [0.25, 0.3) is 0 Å². The van der Waals surface area contributed by atoms with Crippen LogP contribution in [0.15, 0.2) is 18.2 Å². The molecule has 1 heterocycles. The van der Waals surface area contributed by atoms with Crippen molar-refractivity contribution in [1.29, 1.82) is 0 Å². The number of nitrogens with two attached hydrogens (primary N) is 1. The maximum atomic E-state index is 12.5. The second-order valence-corrected chi connectivity index (χ2v) is 6.69. The van der Waals surface area contributed by atoms with Gasteiger partial charge in [-0.25, -0.2) is 0 Å². The van der Waals surface area contributed by atoms with Gasteiger partial charge in [-0.2, -0.15) is 0 Å². The molecule has 1 aliphatic rings. The third kappa shape index (κ3) is 4.61. The number of halogens is 2. The summed E-state index contributed by atoms with van der Waals surface area (Å²) in [5.41, 5.74) is 6.57. The maximum absolute atomic E-state index is 12.5. The molecule has 122 valence electrons. The van der Waals surface area contributed by atoms with Crippen LogP contribution in [0.5, 0.6) is 0 Å². The highest BCUT2D eigenvalue weighted by molar-refractivity contribution is 6.42. The molecule has 0 aromatic heterocycles. The Labute approximate surface area is 142 Å². The number of benzene rings is 1. The Morgan fingerprint density at radius 1 is 1.18 bits per heavy atom. The molecule has 0 radical (unpaired) electrons. The lowest BCUT2D eigenvalue weighted by molar-refractivity contribution is -0.132. The van der Waals surface area contributed by atoms with Crippen LogP contribution >= 0.6 is 23.2 Å². The van der Waals surface area contributed by atoms with E-state index in [4.69, 9.17) is 28.9 Å². The van der Waals surface area contributed by atoms with Gasteiger partial charge in [-0.1, -0.05) is 42.1 Å². The van der Waals surface area contributed by atoms with E-state index < -0.39 is 0 Å². The van der Waals surface area contributed by atoms with Crippen LogP contribution in [0.25, 0.3) is 0 Å². The molecular weight excluding hydrogens is 319 g/mol. The van der Waals surface area contributed by atoms with Gasteiger partial charge in [0.05, 0.1) is 16.1 Å². The first-order valence-corrected chi connectivity index (χ1v) is 8.83. The fourth-order valence-corrected chi connectivity index (χ4v) is 3.36. The number of hydrogen-bond acceptors (Lipinski definition) is 2. The number of carbonyl (C=O) groups is 1. The maximum Gasteiger partial charge on any atom is 0.223 e. The van der Waals surface area contributed by atoms with Crippen molar-refractivity contribution in [3.63, 3.8) is 0 Å². The zero-order chi connectivity index (χ0) is 15.9. The minimum atomic E-state index is 0.145. The molecule has 1 aliphatic heterocycles. The molecule has 1 saturated heterocycles. The summed E-state index contributed by atoms with van der Waals surface area (Å²) in [4.78, 5) is 14.5. The van der Waals surface area contributed by atoms with Gasteiger partial charge in [0.1, 0.15) is 0 Å². The molecule has 1 aromatic rings. The number of nitrogens with zero attached hydrogens (tertiary/aromatic N) is 1. The summed E-state index contributed by atoms with van der Waals surface area (Å²) in [6, 6.07) is 5.83. The van der Waals surface area contributed by atoms with E-state index >= 15 is 0 Å². The van der Waals surface area contributed by atoms with E-state index in [1.165, 1.54) is 0 Å². The van der Waals surface area contributed by atoms with Crippen LogP contribution in [0.2, 0.25) is 10.0 Å². The lowest BCUT2D eigenvalue weighted by Crippen LogP contribution is -2.30. The monoisotopic (exact) mass is 342 g/mol. The molecule has 0 aliphatic carbocycles. The van der Waals surface area contributed by atoms with Crippen molar-refractivity contribution in [2.24, 2.45) is 5.73 Å². The van der Waals surface area contributed by atoms with Crippen molar-refractivity contribution in [2.75, 3.05) is 13.1 Å². The highest BCUT2D eigenvalue weighted by atomic mass is 35.5. The zero-order valence-corrected chi connectivity index (χ0v) is 14.4. The Kier molecular flexibility index (Phi) is 7.00. The Balaban J connectivity index is 1.92. The Hall–Kier alpha value is -0.770. The molecule has 5 heteroatoms. The van der Waals surface area contributed by atoms with Crippen molar-refractivity contribution >= 4 is 29.1 Å². The molecule has 22 heavy (non-hydrogen) atoms. The SMILES string of the molecule is NCCCCCCC(=O)N1CCCC1c1ccc(Cl)c(Cl)c1. The van der Waals surface area contributed by atoms with Gasteiger partial charge in [-0.15, -0.1) is 0 Å². The van der Waals surface area contributed by atoms with Crippen LogP contribution in [-0.4, -0.2) is 23.9 Å². The zero-order valence-electron chi connectivity index (χ0n) is 12.9. The summed E-state index contributed by atoms with van der Waals surface area (Å²) < 4.78 is 0. The first kappa shape index (κ1) is 17.6. The fraction of sp³-hybridized carbons (Fsp3) is 0.588. The summed E-state index contributed by atoms with van der Waals surface area (Å²) in [6.07, 6.45) is 6.85. The lowest BCUT2D eigenvalue weighted by Gasteiger charge is -2.25. The van der Waals surface area contributed by atoms with Crippen LogP contribution in [0.1, 0.15) is 56.6 Å². The predicted molar refractivity (Wildman–Crippen MR) is 92.3 cm³/mol. The summed E-state index contributed by atoms with van der Waals surface area (Å²) in [7, 11) is 0. The van der Waals surface area contributed by atoms with Crippen LogP contribution in [0.4, 0.5) is 0 Å². The summed E-state index contributed by atoms with van der Waals surface area (Å²) in [5, 5.41) is 1.11. The molecule has 1 unspecified atom stereocenters. The average Bonchev–Trinajstić information content (AvgIpc) is 2.99. The minimum absolute atomic E-state index is 0.145. The molecule has 0 spiro atoms. The summed E-state index contributed by atoms with van der Waals surface area (Å²) >= 11 is 12.1. The molecule has 1 atom stereocenters. The molecular formula is C17H24Cl2N2O. The van der Waals surface area contributed by atoms with Gasteiger partial charge in [0.15, 0.2) is 0 Å². The minimum Gasteiger partial charge on any atom is -0.336 e. The standard InChI is InChI=1S/C17H24Cl2N2O/c18-14-9-8-13(12-15(14)19)16-6-5-11-21(16)17(22)7-3-1-2-4-10-20/h8-9,12,16H,1-7,10-11,20H2. The van der Waals surface area contributed by atoms with Gasteiger partial charge in [-0.05, 0) is 49.9 Å². The molecule has 2 rings (SSSR count). The normalized spacial score (nSPS) is 18.0. The number of likely N-dealkylation sites (tertiary alicyclic amines) is 1. The predicted octanol–water partition coefficient (Wildman–Crippen LogP) is 4.57. The number of hydrogen-bond donors (Lipinski definition) is 1.